The topological polar surface area (TPSA) is 71.3 Å². The Morgan fingerprint density at radius 2 is 1.88 bits per heavy atom. The summed E-state index contributed by atoms with van der Waals surface area (Å²) in [6, 6.07) is 11.6. The molecule has 0 atom stereocenters. The van der Waals surface area contributed by atoms with Crippen LogP contribution in [0.15, 0.2) is 42.0 Å². The summed E-state index contributed by atoms with van der Waals surface area (Å²) >= 11 is 12.0. The van der Waals surface area contributed by atoms with Crippen LogP contribution in [0.3, 0.4) is 0 Å². The molecule has 0 aromatic heterocycles. The van der Waals surface area contributed by atoms with Crippen LogP contribution in [0, 0.1) is 11.3 Å². The maximum absolute atomic E-state index is 12.3. The lowest BCUT2D eigenvalue weighted by atomic mass is 10.1. The number of halogens is 2. The summed E-state index contributed by atoms with van der Waals surface area (Å²) < 4.78 is 10.4. The zero-order valence-electron chi connectivity index (χ0n) is 13.5. The Balaban J connectivity index is 2.35. The maximum Gasteiger partial charge on any atom is 0.266 e. The predicted octanol–water partition coefficient (Wildman–Crippen LogP) is 4.56. The molecule has 1 N–H and O–H groups in total. The Bertz CT molecular complexity index is 873. The third-order valence-electron chi connectivity index (χ3n) is 3.25. The molecule has 0 saturated heterocycles. The third-order valence-corrected chi connectivity index (χ3v) is 3.78. The van der Waals surface area contributed by atoms with E-state index in [-0.39, 0.29) is 5.57 Å². The van der Waals surface area contributed by atoms with E-state index in [1.165, 1.54) is 20.3 Å². The molecule has 25 heavy (non-hydrogen) atoms. The van der Waals surface area contributed by atoms with Crippen molar-refractivity contribution in [3.05, 3.63) is 57.6 Å². The SMILES string of the molecule is COc1cc(OC)c(/C=C(\C#N)C(=O)Nc2cccc(Cl)c2)cc1Cl. The molecule has 1 amide bonds. The Labute approximate surface area is 155 Å². The molecule has 2 rings (SSSR count). The minimum Gasteiger partial charge on any atom is -0.496 e. The van der Waals surface area contributed by atoms with E-state index >= 15 is 0 Å². The molecular formula is C18H14Cl2N2O3. The van der Waals surface area contributed by atoms with Gasteiger partial charge in [-0.15, -0.1) is 0 Å². The summed E-state index contributed by atoms with van der Waals surface area (Å²) in [5.74, 6) is 0.279. The second-order valence-corrected chi connectivity index (χ2v) is 5.71. The van der Waals surface area contributed by atoms with Crippen molar-refractivity contribution in [1.82, 2.24) is 0 Å². The molecule has 0 radical (unpaired) electrons. The fourth-order valence-electron chi connectivity index (χ4n) is 2.06. The van der Waals surface area contributed by atoms with Crippen molar-refractivity contribution in [3.8, 4) is 17.6 Å². The Morgan fingerprint density at radius 1 is 1.16 bits per heavy atom. The largest absolute Gasteiger partial charge is 0.496 e. The minimum atomic E-state index is -0.571. The number of anilines is 1. The lowest BCUT2D eigenvalue weighted by molar-refractivity contribution is -0.112. The summed E-state index contributed by atoms with van der Waals surface area (Å²) in [5, 5.41) is 12.7. The first kappa shape index (κ1) is 18.7. The average molecular weight is 377 g/mol. The highest BCUT2D eigenvalue weighted by Gasteiger charge is 2.14. The van der Waals surface area contributed by atoms with Crippen molar-refractivity contribution < 1.29 is 14.3 Å². The lowest BCUT2D eigenvalue weighted by Crippen LogP contribution is -2.13. The van der Waals surface area contributed by atoms with E-state index in [0.717, 1.165) is 0 Å². The van der Waals surface area contributed by atoms with E-state index in [1.54, 1.807) is 36.4 Å². The monoisotopic (exact) mass is 376 g/mol. The van der Waals surface area contributed by atoms with Crippen LogP contribution in [0.25, 0.3) is 6.08 Å². The Morgan fingerprint density at radius 3 is 2.48 bits per heavy atom. The molecule has 5 nitrogen and oxygen atoms in total. The van der Waals surface area contributed by atoms with Gasteiger partial charge in [0.15, 0.2) is 0 Å². The van der Waals surface area contributed by atoms with Crippen LogP contribution in [0.2, 0.25) is 10.0 Å². The third kappa shape index (κ3) is 4.66. The number of nitriles is 1. The number of methoxy groups -OCH3 is 2. The molecule has 2 aromatic carbocycles. The highest BCUT2D eigenvalue weighted by Crippen LogP contribution is 2.33. The van der Waals surface area contributed by atoms with Crippen molar-refractivity contribution in [2.24, 2.45) is 0 Å². The fraction of sp³-hybridized carbons (Fsp3) is 0.111. The van der Waals surface area contributed by atoms with Gasteiger partial charge in [-0.25, -0.2) is 0 Å². The van der Waals surface area contributed by atoms with Gasteiger partial charge in [-0.1, -0.05) is 29.3 Å². The van der Waals surface area contributed by atoms with Crippen molar-refractivity contribution in [3.63, 3.8) is 0 Å². The van der Waals surface area contributed by atoms with Crippen LogP contribution in [0.1, 0.15) is 5.56 Å². The normalized spacial score (nSPS) is 10.8. The Kier molecular flexibility index (Phi) is 6.29. The van der Waals surface area contributed by atoms with Gasteiger partial charge in [-0.2, -0.15) is 5.26 Å². The van der Waals surface area contributed by atoms with E-state index in [1.807, 2.05) is 6.07 Å². The summed E-state index contributed by atoms with van der Waals surface area (Å²) in [5.41, 5.74) is 0.851. The van der Waals surface area contributed by atoms with E-state index in [9.17, 15) is 10.1 Å². The van der Waals surface area contributed by atoms with Crippen LogP contribution in [-0.4, -0.2) is 20.1 Å². The van der Waals surface area contributed by atoms with Gasteiger partial charge in [0.25, 0.3) is 5.91 Å². The molecule has 0 aliphatic rings. The van der Waals surface area contributed by atoms with Gasteiger partial charge >= 0.3 is 0 Å². The molecule has 0 unspecified atom stereocenters. The summed E-state index contributed by atoms with van der Waals surface area (Å²) in [6.07, 6.45) is 1.39. The van der Waals surface area contributed by atoms with Crippen LogP contribution in [-0.2, 0) is 4.79 Å². The second kappa shape index (κ2) is 8.43. The first-order chi connectivity index (χ1) is 12.0. The number of hydrogen-bond acceptors (Lipinski definition) is 4. The second-order valence-electron chi connectivity index (χ2n) is 4.86. The summed E-state index contributed by atoms with van der Waals surface area (Å²) in [6.45, 7) is 0. The molecule has 0 aliphatic heterocycles. The summed E-state index contributed by atoms with van der Waals surface area (Å²) in [4.78, 5) is 12.3. The molecule has 0 spiro atoms. The molecule has 2 aromatic rings. The number of nitrogens with zero attached hydrogens (tertiary/aromatic N) is 1. The highest BCUT2D eigenvalue weighted by atomic mass is 35.5. The number of carbonyl (C=O) groups excluding carboxylic acids is 1. The quantitative estimate of drug-likeness (QED) is 0.613. The predicted molar refractivity (Wildman–Crippen MR) is 98.2 cm³/mol. The number of amides is 1. The molecule has 0 heterocycles. The number of ether oxygens (including phenoxy) is 2. The van der Waals surface area contributed by atoms with Gasteiger partial charge in [0, 0.05) is 22.3 Å². The zero-order valence-corrected chi connectivity index (χ0v) is 15.0. The smallest absolute Gasteiger partial charge is 0.266 e. The number of rotatable bonds is 5. The van der Waals surface area contributed by atoms with Gasteiger partial charge in [0.2, 0.25) is 0 Å². The molecular weight excluding hydrogens is 363 g/mol. The van der Waals surface area contributed by atoms with Gasteiger partial charge < -0.3 is 14.8 Å². The van der Waals surface area contributed by atoms with Gasteiger partial charge in [0.1, 0.15) is 23.1 Å². The van der Waals surface area contributed by atoms with Gasteiger partial charge in [-0.05, 0) is 30.3 Å². The minimum absolute atomic E-state index is 0.112. The van der Waals surface area contributed by atoms with E-state index < -0.39 is 5.91 Å². The van der Waals surface area contributed by atoms with Crippen molar-refractivity contribution in [1.29, 1.82) is 5.26 Å². The van der Waals surface area contributed by atoms with Crippen molar-refractivity contribution >= 4 is 40.9 Å². The highest BCUT2D eigenvalue weighted by molar-refractivity contribution is 6.32. The zero-order chi connectivity index (χ0) is 18.4. The number of benzene rings is 2. The number of carbonyl (C=O) groups is 1. The first-order valence-corrected chi connectivity index (χ1v) is 7.84. The van der Waals surface area contributed by atoms with Crippen molar-refractivity contribution in [2.45, 2.75) is 0 Å². The van der Waals surface area contributed by atoms with Crippen LogP contribution < -0.4 is 14.8 Å². The summed E-state index contributed by atoms with van der Waals surface area (Å²) in [7, 11) is 2.95. The van der Waals surface area contributed by atoms with E-state index in [2.05, 4.69) is 5.32 Å². The van der Waals surface area contributed by atoms with Gasteiger partial charge in [0.05, 0.1) is 19.2 Å². The average Bonchev–Trinajstić information content (AvgIpc) is 2.59. The standard InChI is InChI=1S/C18H14Cl2N2O3/c1-24-16-9-17(25-2)15(20)7-11(16)6-12(10-21)18(23)22-14-5-3-4-13(19)8-14/h3-9H,1-2H3,(H,22,23)/b12-6+. The van der Waals surface area contributed by atoms with E-state index in [0.29, 0.717) is 32.8 Å². The molecule has 0 aliphatic carbocycles. The maximum atomic E-state index is 12.3. The van der Waals surface area contributed by atoms with Crippen LogP contribution in [0.5, 0.6) is 11.5 Å². The van der Waals surface area contributed by atoms with Gasteiger partial charge in [-0.3, -0.25) is 4.79 Å². The molecule has 0 saturated carbocycles. The fourth-order valence-corrected chi connectivity index (χ4v) is 2.50. The number of nitrogens with one attached hydrogen (secondary N) is 1. The van der Waals surface area contributed by atoms with Crippen LogP contribution in [0.4, 0.5) is 5.69 Å². The van der Waals surface area contributed by atoms with E-state index in [4.69, 9.17) is 32.7 Å². The molecule has 7 heteroatoms. The first-order valence-electron chi connectivity index (χ1n) is 7.08. The molecule has 0 bridgehead atoms. The number of hydrogen-bond donors (Lipinski definition) is 1. The molecule has 0 fully saturated rings. The van der Waals surface area contributed by atoms with Crippen molar-refractivity contribution in [2.75, 3.05) is 19.5 Å². The molecule has 128 valence electrons. The Hall–Kier alpha value is -2.68. The lowest BCUT2D eigenvalue weighted by Gasteiger charge is -2.10. The van der Waals surface area contributed by atoms with Crippen LogP contribution >= 0.6 is 23.2 Å².